The smallest absolute Gasteiger partial charge is 0.229 e. The van der Waals surface area contributed by atoms with Crippen LogP contribution in [-0.4, -0.2) is 26.8 Å². The van der Waals surface area contributed by atoms with Crippen LogP contribution >= 0.6 is 0 Å². The summed E-state index contributed by atoms with van der Waals surface area (Å²) < 4.78 is 1.72. The molecule has 0 amide bonds. The van der Waals surface area contributed by atoms with Crippen molar-refractivity contribution in [2.45, 2.75) is 6.92 Å². The Balaban J connectivity index is 2.21. The normalized spacial score (nSPS) is 10.2. The van der Waals surface area contributed by atoms with Crippen LogP contribution < -0.4 is 10.6 Å². The Bertz CT molecular complexity index is 490. The summed E-state index contributed by atoms with van der Waals surface area (Å²) in [6.45, 7) is 1.96. The second-order valence-corrected chi connectivity index (χ2v) is 3.50. The highest BCUT2D eigenvalue weighted by Gasteiger charge is 2.03. The zero-order valence-corrected chi connectivity index (χ0v) is 9.52. The van der Waals surface area contributed by atoms with E-state index in [0.29, 0.717) is 5.95 Å². The molecule has 2 heterocycles. The fourth-order valence-electron chi connectivity index (χ4n) is 1.37. The molecule has 2 aromatic heterocycles. The van der Waals surface area contributed by atoms with E-state index in [0.717, 1.165) is 17.1 Å². The number of hydrogen-bond acceptors (Lipinski definition) is 5. The number of nitrogens with one attached hydrogen (secondary N) is 2. The van der Waals surface area contributed by atoms with E-state index in [-0.39, 0.29) is 0 Å². The van der Waals surface area contributed by atoms with Crippen LogP contribution in [0.25, 0.3) is 0 Å². The molecule has 6 nitrogen and oxygen atoms in total. The first-order chi connectivity index (χ1) is 7.69. The van der Waals surface area contributed by atoms with Crippen LogP contribution in [0.4, 0.5) is 17.5 Å². The second-order valence-electron chi connectivity index (χ2n) is 3.50. The van der Waals surface area contributed by atoms with E-state index in [2.05, 4.69) is 25.7 Å². The zero-order valence-electron chi connectivity index (χ0n) is 9.52. The monoisotopic (exact) mass is 218 g/mol. The second kappa shape index (κ2) is 4.18. The Morgan fingerprint density at radius 2 is 2.12 bits per heavy atom. The summed E-state index contributed by atoms with van der Waals surface area (Å²) in [5.74, 6) is 1.38. The van der Waals surface area contributed by atoms with Gasteiger partial charge < -0.3 is 10.6 Å². The van der Waals surface area contributed by atoms with Gasteiger partial charge in [0.25, 0.3) is 0 Å². The van der Waals surface area contributed by atoms with Gasteiger partial charge in [-0.3, -0.25) is 4.68 Å². The minimum absolute atomic E-state index is 0.558. The van der Waals surface area contributed by atoms with Crippen molar-refractivity contribution >= 4 is 17.5 Å². The minimum atomic E-state index is 0.558. The molecule has 0 spiro atoms. The quantitative estimate of drug-likeness (QED) is 0.812. The molecule has 0 fully saturated rings. The molecule has 0 bridgehead atoms. The average Bonchev–Trinajstić information content (AvgIpc) is 2.67. The number of hydrogen-bond donors (Lipinski definition) is 2. The summed E-state index contributed by atoms with van der Waals surface area (Å²) in [5.41, 5.74) is 1.88. The number of aryl methyl sites for hydroxylation is 2. The van der Waals surface area contributed by atoms with Gasteiger partial charge in [-0.15, -0.1) is 0 Å². The molecule has 2 rings (SSSR count). The predicted molar refractivity (Wildman–Crippen MR) is 62.8 cm³/mol. The first-order valence-corrected chi connectivity index (χ1v) is 4.96. The molecular weight excluding hydrogens is 204 g/mol. The first kappa shape index (κ1) is 10.4. The van der Waals surface area contributed by atoms with Crippen molar-refractivity contribution in [3.63, 3.8) is 0 Å². The Labute approximate surface area is 93.7 Å². The predicted octanol–water partition coefficient (Wildman–Crippen LogP) is 1.30. The number of anilines is 3. The van der Waals surface area contributed by atoms with Crippen molar-refractivity contribution in [1.82, 2.24) is 19.7 Å². The van der Waals surface area contributed by atoms with E-state index in [9.17, 15) is 0 Å². The summed E-state index contributed by atoms with van der Waals surface area (Å²) in [6.07, 6.45) is 5.36. The van der Waals surface area contributed by atoms with Gasteiger partial charge in [0.1, 0.15) is 5.82 Å². The number of nitrogens with zero attached hydrogens (tertiary/aromatic N) is 4. The van der Waals surface area contributed by atoms with Crippen molar-refractivity contribution in [2.75, 3.05) is 17.7 Å². The molecule has 0 aliphatic rings. The van der Waals surface area contributed by atoms with Crippen LogP contribution in [-0.2, 0) is 7.05 Å². The summed E-state index contributed by atoms with van der Waals surface area (Å²) in [5, 5.41) is 10.2. The molecule has 0 radical (unpaired) electrons. The number of rotatable bonds is 3. The summed E-state index contributed by atoms with van der Waals surface area (Å²) in [6, 6.07) is 0. The van der Waals surface area contributed by atoms with Crippen LogP contribution in [0.2, 0.25) is 0 Å². The molecule has 0 aliphatic carbocycles. The van der Waals surface area contributed by atoms with E-state index in [1.54, 1.807) is 17.1 Å². The van der Waals surface area contributed by atoms with Crippen molar-refractivity contribution in [3.05, 3.63) is 24.2 Å². The van der Waals surface area contributed by atoms with Crippen LogP contribution in [0.5, 0.6) is 0 Å². The third-order valence-electron chi connectivity index (χ3n) is 2.17. The van der Waals surface area contributed by atoms with Gasteiger partial charge in [-0.1, -0.05) is 0 Å². The molecule has 84 valence electrons. The average molecular weight is 218 g/mol. The van der Waals surface area contributed by atoms with Crippen LogP contribution in [0.1, 0.15) is 5.56 Å². The minimum Gasteiger partial charge on any atom is -0.373 e. The summed E-state index contributed by atoms with van der Waals surface area (Å²) >= 11 is 0. The Morgan fingerprint density at radius 3 is 2.75 bits per heavy atom. The van der Waals surface area contributed by atoms with Crippen molar-refractivity contribution in [2.24, 2.45) is 7.05 Å². The maximum atomic E-state index is 4.32. The molecule has 0 aromatic carbocycles. The molecule has 6 heteroatoms. The molecule has 0 atom stereocenters. The van der Waals surface area contributed by atoms with E-state index in [1.165, 1.54) is 0 Å². The molecule has 2 N–H and O–H groups in total. The highest BCUT2D eigenvalue weighted by Crippen LogP contribution is 2.15. The van der Waals surface area contributed by atoms with Crippen LogP contribution in [0.15, 0.2) is 18.6 Å². The largest absolute Gasteiger partial charge is 0.373 e. The lowest BCUT2D eigenvalue weighted by atomic mass is 10.3. The molecule has 0 saturated carbocycles. The highest BCUT2D eigenvalue weighted by atomic mass is 15.3. The molecule has 0 unspecified atom stereocenters. The first-order valence-electron chi connectivity index (χ1n) is 4.96. The molecule has 0 saturated heterocycles. The van der Waals surface area contributed by atoms with E-state index in [1.807, 2.05) is 27.2 Å². The van der Waals surface area contributed by atoms with E-state index >= 15 is 0 Å². The third kappa shape index (κ3) is 2.10. The molecule has 2 aromatic rings. The lowest BCUT2D eigenvalue weighted by Gasteiger charge is -2.06. The summed E-state index contributed by atoms with van der Waals surface area (Å²) in [7, 11) is 3.70. The fraction of sp³-hybridized carbons (Fsp3) is 0.300. The van der Waals surface area contributed by atoms with E-state index < -0.39 is 0 Å². The Kier molecular flexibility index (Phi) is 2.72. The van der Waals surface area contributed by atoms with Gasteiger partial charge in [-0.25, -0.2) is 4.98 Å². The maximum Gasteiger partial charge on any atom is 0.229 e. The van der Waals surface area contributed by atoms with Gasteiger partial charge in [0.2, 0.25) is 5.95 Å². The zero-order chi connectivity index (χ0) is 11.5. The fourth-order valence-corrected chi connectivity index (χ4v) is 1.37. The summed E-state index contributed by atoms with van der Waals surface area (Å²) in [4.78, 5) is 8.52. The van der Waals surface area contributed by atoms with Gasteiger partial charge in [0.15, 0.2) is 0 Å². The number of aromatic nitrogens is 4. The van der Waals surface area contributed by atoms with Gasteiger partial charge in [0, 0.05) is 32.1 Å². The van der Waals surface area contributed by atoms with Gasteiger partial charge >= 0.3 is 0 Å². The Hall–Kier alpha value is -2.11. The molecular formula is C10H14N6. The SMILES string of the molecule is CNc1nc(Nc2cnn(C)c2)ncc1C. The topological polar surface area (TPSA) is 67.7 Å². The van der Waals surface area contributed by atoms with Gasteiger partial charge in [-0.05, 0) is 6.92 Å². The lowest BCUT2D eigenvalue weighted by Crippen LogP contribution is -2.01. The van der Waals surface area contributed by atoms with Crippen LogP contribution in [0, 0.1) is 6.92 Å². The van der Waals surface area contributed by atoms with Crippen molar-refractivity contribution in [1.29, 1.82) is 0 Å². The Morgan fingerprint density at radius 1 is 1.31 bits per heavy atom. The lowest BCUT2D eigenvalue weighted by molar-refractivity contribution is 0.768. The van der Waals surface area contributed by atoms with Crippen molar-refractivity contribution < 1.29 is 0 Å². The maximum absolute atomic E-state index is 4.32. The van der Waals surface area contributed by atoms with Gasteiger partial charge in [0.05, 0.1) is 11.9 Å². The van der Waals surface area contributed by atoms with Crippen molar-refractivity contribution in [3.8, 4) is 0 Å². The third-order valence-corrected chi connectivity index (χ3v) is 2.17. The van der Waals surface area contributed by atoms with Gasteiger partial charge in [-0.2, -0.15) is 10.1 Å². The molecule has 16 heavy (non-hydrogen) atoms. The van der Waals surface area contributed by atoms with Crippen LogP contribution in [0.3, 0.4) is 0 Å². The highest BCUT2D eigenvalue weighted by molar-refractivity contribution is 5.54. The molecule has 0 aliphatic heterocycles. The van der Waals surface area contributed by atoms with E-state index in [4.69, 9.17) is 0 Å². The standard InChI is InChI=1S/C10H14N6/c1-7-4-12-10(15-9(7)11-2)14-8-5-13-16(3)6-8/h4-6H,1-3H3,(H2,11,12,14,15).